The van der Waals surface area contributed by atoms with Crippen LogP contribution in [-0.2, 0) is 6.54 Å². The molecule has 1 aliphatic rings. The Morgan fingerprint density at radius 1 is 0.846 bits per heavy atom. The maximum Gasteiger partial charge on any atom is 0.138 e. The summed E-state index contributed by atoms with van der Waals surface area (Å²) in [5, 5.41) is 6.56. The Balaban J connectivity index is 1.57. The van der Waals surface area contributed by atoms with Gasteiger partial charge in [-0.15, -0.1) is 0 Å². The highest BCUT2D eigenvalue weighted by Crippen LogP contribution is 2.33. The van der Waals surface area contributed by atoms with Gasteiger partial charge in [-0.2, -0.15) is 0 Å². The summed E-state index contributed by atoms with van der Waals surface area (Å²) in [7, 11) is 0. The number of nitrogens with zero attached hydrogens (tertiary/aromatic N) is 3. The fourth-order valence-electron chi connectivity index (χ4n) is 3.74. The number of hydrogen-bond acceptors (Lipinski definition) is 4. The van der Waals surface area contributed by atoms with E-state index >= 15 is 0 Å². The highest BCUT2D eigenvalue weighted by atomic mass is 15.1. The van der Waals surface area contributed by atoms with E-state index in [-0.39, 0.29) is 0 Å². The van der Waals surface area contributed by atoms with Crippen LogP contribution in [0, 0.1) is 0 Å². The van der Waals surface area contributed by atoms with E-state index in [4.69, 9.17) is 0 Å². The van der Waals surface area contributed by atoms with Gasteiger partial charge in [0.1, 0.15) is 11.5 Å². The number of fused-ring (bicyclic) bond motifs is 6. The van der Waals surface area contributed by atoms with E-state index in [1.165, 1.54) is 10.9 Å². The third-order valence-electron chi connectivity index (χ3n) is 5.04. The second-order valence-electron chi connectivity index (χ2n) is 6.52. The molecule has 0 unspecified atom stereocenters. The Kier molecular flexibility index (Phi) is 2.57. The minimum Gasteiger partial charge on any atom is -0.341 e. The van der Waals surface area contributed by atoms with Gasteiger partial charge in [0.2, 0.25) is 0 Å². The van der Waals surface area contributed by atoms with Crippen molar-refractivity contribution in [3.05, 3.63) is 54.5 Å². The average molecular weight is 338 g/mol. The summed E-state index contributed by atoms with van der Waals surface area (Å²) in [6, 6.07) is 10.6. The van der Waals surface area contributed by atoms with Crippen LogP contribution in [0.4, 0.5) is 5.82 Å². The molecule has 0 amide bonds. The number of H-pyrrole nitrogens is 2. The van der Waals surface area contributed by atoms with Crippen LogP contribution in [0.1, 0.15) is 5.56 Å². The number of rotatable bonds is 1. The zero-order valence-corrected chi connectivity index (χ0v) is 13.7. The lowest BCUT2D eigenvalue weighted by molar-refractivity contribution is 1.07. The molecule has 6 heteroatoms. The summed E-state index contributed by atoms with van der Waals surface area (Å²) in [6.45, 7) is 0.692. The summed E-state index contributed by atoms with van der Waals surface area (Å²) >= 11 is 0. The fourth-order valence-corrected chi connectivity index (χ4v) is 3.74. The van der Waals surface area contributed by atoms with E-state index in [2.05, 4.69) is 54.5 Å². The van der Waals surface area contributed by atoms with Crippen molar-refractivity contribution in [2.24, 2.45) is 4.99 Å². The van der Waals surface area contributed by atoms with Crippen LogP contribution in [-0.4, -0.2) is 26.3 Å². The van der Waals surface area contributed by atoms with Gasteiger partial charge in [0, 0.05) is 51.4 Å². The minimum absolute atomic E-state index is 0.692. The molecule has 4 aromatic heterocycles. The van der Waals surface area contributed by atoms with Crippen LogP contribution in [0.2, 0.25) is 0 Å². The van der Waals surface area contributed by atoms with Gasteiger partial charge < -0.3 is 15.3 Å². The summed E-state index contributed by atoms with van der Waals surface area (Å²) in [5.74, 6) is 1.03. The Morgan fingerprint density at radius 2 is 1.77 bits per heavy atom. The fraction of sp³-hybridized carbons (Fsp3) is 0.0500. The number of hydrogen-bond donors (Lipinski definition) is 3. The molecule has 0 spiro atoms. The molecule has 0 saturated carbocycles. The van der Waals surface area contributed by atoms with Gasteiger partial charge >= 0.3 is 0 Å². The first kappa shape index (κ1) is 13.6. The van der Waals surface area contributed by atoms with Gasteiger partial charge in [-0.1, -0.05) is 6.07 Å². The van der Waals surface area contributed by atoms with Crippen LogP contribution in [0.3, 0.4) is 0 Å². The molecule has 3 N–H and O–H groups in total. The van der Waals surface area contributed by atoms with E-state index in [1.54, 1.807) is 12.5 Å². The Morgan fingerprint density at radius 3 is 2.77 bits per heavy atom. The number of nitrogens with one attached hydrogen (secondary N) is 3. The van der Waals surface area contributed by atoms with E-state index < -0.39 is 0 Å². The zero-order chi connectivity index (χ0) is 17.1. The minimum atomic E-state index is 0.692. The topological polar surface area (TPSA) is 81.8 Å². The molecular weight excluding hydrogens is 324 g/mol. The number of aliphatic imine (C=N–C) groups is 1. The van der Waals surface area contributed by atoms with Gasteiger partial charge in [-0.3, -0.25) is 9.98 Å². The van der Waals surface area contributed by atoms with Crippen molar-refractivity contribution in [3.8, 4) is 11.1 Å². The highest BCUT2D eigenvalue weighted by molar-refractivity contribution is 6.06. The molecule has 26 heavy (non-hydrogen) atoms. The molecule has 1 aromatic carbocycles. The average Bonchev–Trinajstić information content (AvgIpc) is 3.25. The van der Waals surface area contributed by atoms with E-state index in [9.17, 15) is 0 Å². The molecule has 0 aliphatic carbocycles. The first-order valence-corrected chi connectivity index (χ1v) is 8.48. The molecule has 124 valence electrons. The van der Waals surface area contributed by atoms with E-state index in [1.807, 2.05) is 18.5 Å². The number of pyridine rings is 2. The van der Waals surface area contributed by atoms with Crippen molar-refractivity contribution in [3.63, 3.8) is 0 Å². The van der Waals surface area contributed by atoms with Crippen LogP contribution in [0.5, 0.6) is 0 Å². The SMILES string of the molecule is C1=NCc2c([nH]c3ccc(-c4cnc5[nH]c6ccncc6c5c4)cc23)N1. The van der Waals surface area contributed by atoms with Gasteiger partial charge in [0.15, 0.2) is 0 Å². The van der Waals surface area contributed by atoms with Crippen molar-refractivity contribution in [2.45, 2.75) is 6.54 Å². The second-order valence-corrected chi connectivity index (χ2v) is 6.52. The Bertz CT molecular complexity index is 1340. The Hall–Kier alpha value is -3.67. The first-order valence-electron chi connectivity index (χ1n) is 8.48. The molecule has 5 aromatic rings. The molecule has 6 nitrogen and oxygen atoms in total. The number of aromatic nitrogens is 4. The summed E-state index contributed by atoms with van der Waals surface area (Å²) in [6.07, 6.45) is 7.33. The number of benzene rings is 1. The third kappa shape index (κ3) is 1.84. The van der Waals surface area contributed by atoms with Crippen LogP contribution < -0.4 is 5.32 Å². The molecule has 0 saturated heterocycles. The third-order valence-corrected chi connectivity index (χ3v) is 5.04. The summed E-state index contributed by atoms with van der Waals surface area (Å²) in [4.78, 5) is 20.0. The van der Waals surface area contributed by atoms with Crippen molar-refractivity contribution >= 4 is 45.0 Å². The summed E-state index contributed by atoms with van der Waals surface area (Å²) < 4.78 is 0. The molecule has 0 fully saturated rings. The lowest BCUT2D eigenvalue weighted by Crippen LogP contribution is -2.03. The predicted octanol–water partition coefficient (Wildman–Crippen LogP) is 4.21. The first-order chi connectivity index (χ1) is 12.9. The molecule has 0 radical (unpaired) electrons. The molecule has 5 heterocycles. The second kappa shape index (κ2) is 4.92. The lowest BCUT2D eigenvalue weighted by atomic mass is 10.0. The van der Waals surface area contributed by atoms with Crippen LogP contribution in [0.15, 0.2) is 53.9 Å². The van der Waals surface area contributed by atoms with Crippen molar-refractivity contribution in [2.75, 3.05) is 5.32 Å². The van der Waals surface area contributed by atoms with Crippen molar-refractivity contribution in [1.82, 2.24) is 19.9 Å². The highest BCUT2D eigenvalue weighted by Gasteiger charge is 2.14. The molecule has 1 aliphatic heterocycles. The predicted molar refractivity (Wildman–Crippen MR) is 105 cm³/mol. The Labute approximate surface area is 148 Å². The van der Waals surface area contributed by atoms with Gasteiger partial charge in [-0.25, -0.2) is 4.98 Å². The van der Waals surface area contributed by atoms with Gasteiger partial charge in [-0.05, 0) is 29.8 Å². The molecule has 0 bridgehead atoms. The number of anilines is 1. The number of aromatic amines is 2. The smallest absolute Gasteiger partial charge is 0.138 e. The monoisotopic (exact) mass is 338 g/mol. The van der Waals surface area contributed by atoms with Crippen molar-refractivity contribution < 1.29 is 0 Å². The standard InChI is InChI=1S/C20H14N6/c1-2-17-13(16-9-22-10-24-20(16)25-17)5-11(1)12-6-14-15-8-21-4-3-18(15)26-19(14)23-7-12/h1-8,10,25H,9H2,(H,22,24)(H,23,26). The largest absolute Gasteiger partial charge is 0.341 e. The lowest BCUT2D eigenvalue weighted by Gasteiger charge is -2.07. The maximum atomic E-state index is 4.62. The van der Waals surface area contributed by atoms with Gasteiger partial charge in [0.25, 0.3) is 0 Å². The van der Waals surface area contributed by atoms with E-state index in [0.717, 1.165) is 44.4 Å². The van der Waals surface area contributed by atoms with Gasteiger partial charge in [0.05, 0.1) is 18.4 Å². The van der Waals surface area contributed by atoms with Crippen LogP contribution >= 0.6 is 0 Å². The summed E-state index contributed by atoms with van der Waals surface area (Å²) in [5.41, 5.74) is 6.48. The molecule has 0 atom stereocenters. The molecule has 6 rings (SSSR count). The molecular formula is C20H14N6. The van der Waals surface area contributed by atoms with Crippen molar-refractivity contribution in [1.29, 1.82) is 0 Å². The van der Waals surface area contributed by atoms with E-state index in [0.29, 0.717) is 6.54 Å². The zero-order valence-electron chi connectivity index (χ0n) is 13.7. The van der Waals surface area contributed by atoms with Crippen LogP contribution in [0.25, 0.3) is 44.0 Å². The normalized spacial score (nSPS) is 13.4. The quantitative estimate of drug-likeness (QED) is 0.428. The maximum absolute atomic E-state index is 4.62.